The summed E-state index contributed by atoms with van der Waals surface area (Å²) in [4.78, 5) is 27.8. The van der Waals surface area contributed by atoms with E-state index < -0.39 is 0 Å². The minimum absolute atomic E-state index is 0.246. The van der Waals surface area contributed by atoms with Gasteiger partial charge in [-0.25, -0.2) is 15.0 Å². The van der Waals surface area contributed by atoms with E-state index in [1.165, 1.54) is 12.8 Å². The zero-order chi connectivity index (χ0) is 18.8. The molecule has 9 heteroatoms. The van der Waals surface area contributed by atoms with Gasteiger partial charge in [-0.05, 0) is 32.8 Å². The second kappa shape index (κ2) is 7.26. The molecule has 27 heavy (non-hydrogen) atoms. The minimum Gasteiger partial charge on any atom is -0.357 e. The lowest BCUT2D eigenvalue weighted by atomic mass is 10.3. The monoisotopic (exact) mass is 366 g/mol. The van der Waals surface area contributed by atoms with Crippen LogP contribution in [0, 0.1) is 13.8 Å². The van der Waals surface area contributed by atoms with Gasteiger partial charge in [0.1, 0.15) is 12.1 Å². The number of aromatic nitrogens is 6. The van der Waals surface area contributed by atoms with Crippen molar-refractivity contribution in [1.29, 1.82) is 0 Å². The summed E-state index contributed by atoms with van der Waals surface area (Å²) in [6.07, 6.45) is 4.63. The van der Waals surface area contributed by atoms with Crippen molar-refractivity contribution in [3.8, 4) is 0 Å². The predicted octanol–water partition coefficient (Wildman–Crippen LogP) is 1.10. The molecule has 1 aliphatic rings. The van der Waals surface area contributed by atoms with Crippen LogP contribution in [0.25, 0.3) is 5.78 Å². The molecule has 3 aromatic rings. The first-order valence-corrected chi connectivity index (χ1v) is 9.15. The summed E-state index contributed by atoms with van der Waals surface area (Å²) < 4.78 is 1.67. The summed E-state index contributed by atoms with van der Waals surface area (Å²) in [5.41, 5.74) is 2.63. The van der Waals surface area contributed by atoms with Crippen LogP contribution < -0.4 is 10.2 Å². The lowest BCUT2D eigenvalue weighted by Gasteiger charge is -2.16. The van der Waals surface area contributed by atoms with Crippen LogP contribution in [0.15, 0.2) is 18.5 Å². The maximum atomic E-state index is 12.5. The van der Waals surface area contributed by atoms with Crippen molar-refractivity contribution in [3.05, 3.63) is 41.4 Å². The molecule has 9 nitrogen and oxygen atoms in total. The van der Waals surface area contributed by atoms with Gasteiger partial charge < -0.3 is 10.2 Å². The van der Waals surface area contributed by atoms with Crippen LogP contribution in [0.4, 0.5) is 5.82 Å². The van der Waals surface area contributed by atoms with E-state index in [1.807, 2.05) is 26.0 Å². The molecular weight excluding hydrogens is 344 g/mol. The fraction of sp³-hybridized carbons (Fsp3) is 0.444. The second-order valence-electron chi connectivity index (χ2n) is 6.77. The summed E-state index contributed by atoms with van der Waals surface area (Å²) in [7, 11) is 0. The van der Waals surface area contributed by atoms with Gasteiger partial charge in [0.05, 0.1) is 0 Å². The Morgan fingerprint density at radius 3 is 2.78 bits per heavy atom. The number of carbonyl (C=O) groups excluding carboxylic acids is 1. The Labute approximate surface area is 156 Å². The molecule has 1 amide bonds. The number of nitrogens with one attached hydrogen (secondary N) is 1. The van der Waals surface area contributed by atoms with E-state index in [2.05, 4.69) is 35.4 Å². The summed E-state index contributed by atoms with van der Waals surface area (Å²) in [6, 6.07) is 3.90. The smallest absolute Gasteiger partial charge is 0.289 e. The molecule has 4 heterocycles. The number of anilines is 1. The van der Waals surface area contributed by atoms with E-state index in [1.54, 1.807) is 10.7 Å². The lowest BCUT2D eigenvalue weighted by molar-refractivity contribution is 0.0942. The molecule has 140 valence electrons. The van der Waals surface area contributed by atoms with Gasteiger partial charge in [-0.1, -0.05) is 0 Å². The van der Waals surface area contributed by atoms with Gasteiger partial charge in [0, 0.05) is 49.2 Å². The molecule has 0 aromatic carbocycles. The fourth-order valence-corrected chi connectivity index (χ4v) is 3.40. The quantitative estimate of drug-likeness (QED) is 0.721. The number of hydrogen-bond acceptors (Lipinski definition) is 7. The summed E-state index contributed by atoms with van der Waals surface area (Å²) >= 11 is 0. The van der Waals surface area contributed by atoms with Crippen LogP contribution >= 0.6 is 0 Å². The van der Waals surface area contributed by atoms with Crippen molar-refractivity contribution < 1.29 is 4.79 Å². The third-order valence-electron chi connectivity index (χ3n) is 4.70. The minimum atomic E-state index is -0.273. The molecule has 0 unspecified atom stereocenters. The Balaban J connectivity index is 1.41. The SMILES string of the molecule is Cc1cc(C)n2c(C(=O)NCCc3cc(N4CCCC4)ncn3)nnc2n1. The van der Waals surface area contributed by atoms with Crippen LogP contribution in [0.1, 0.15) is 40.5 Å². The highest BCUT2D eigenvalue weighted by atomic mass is 16.2. The molecule has 3 aromatic heterocycles. The molecule has 0 spiro atoms. The third kappa shape index (κ3) is 3.57. The topological polar surface area (TPSA) is 101 Å². The molecule has 0 atom stereocenters. The molecule has 1 saturated heterocycles. The highest BCUT2D eigenvalue weighted by Gasteiger charge is 2.17. The van der Waals surface area contributed by atoms with Gasteiger partial charge >= 0.3 is 0 Å². The summed E-state index contributed by atoms with van der Waals surface area (Å²) in [5.74, 6) is 1.37. The zero-order valence-corrected chi connectivity index (χ0v) is 15.5. The van der Waals surface area contributed by atoms with E-state index in [0.29, 0.717) is 18.7 Å². The largest absolute Gasteiger partial charge is 0.357 e. The molecule has 0 saturated carbocycles. The first-order chi connectivity index (χ1) is 13.1. The number of amides is 1. The number of aryl methyl sites for hydroxylation is 2. The Morgan fingerprint density at radius 2 is 1.96 bits per heavy atom. The van der Waals surface area contributed by atoms with Gasteiger partial charge in [0.15, 0.2) is 0 Å². The van der Waals surface area contributed by atoms with Crippen LogP contribution in [0.5, 0.6) is 0 Å². The van der Waals surface area contributed by atoms with Crippen LogP contribution in [-0.2, 0) is 6.42 Å². The first kappa shape index (κ1) is 17.3. The van der Waals surface area contributed by atoms with Crippen LogP contribution in [-0.4, -0.2) is 55.1 Å². The number of fused-ring (bicyclic) bond motifs is 1. The highest BCUT2D eigenvalue weighted by Crippen LogP contribution is 2.17. The molecule has 0 aliphatic carbocycles. The number of rotatable bonds is 5. The van der Waals surface area contributed by atoms with Crippen molar-refractivity contribution >= 4 is 17.5 Å². The van der Waals surface area contributed by atoms with Crippen LogP contribution in [0.2, 0.25) is 0 Å². The van der Waals surface area contributed by atoms with Gasteiger partial charge in [-0.2, -0.15) is 0 Å². The number of hydrogen-bond donors (Lipinski definition) is 1. The normalized spacial score (nSPS) is 14.1. The average molecular weight is 366 g/mol. The van der Waals surface area contributed by atoms with Crippen molar-refractivity contribution in [2.45, 2.75) is 33.1 Å². The second-order valence-corrected chi connectivity index (χ2v) is 6.77. The van der Waals surface area contributed by atoms with Crippen molar-refractivity contribution in [2.75, 3.05) is 24.5 Å². The maximum absolute atomic E-state index is 12.5. The molecule has 1 aliphatic heterocycles. The number of nitrogens with zero attached hydrogens (tertiary/aromatic N) is 7. The van der Waals surface area contributed by atoms with Crippen molar-refractivity contribution in [3.63, 3.8) is 0 Å². The van der Waals surface area contributed by atoms with E-state index >= 15 is 0 Å². The molecular formula is C18H22N8O. The molecule has 0 bridgehead atoms. The van der Waals surface area contributed by atoms with Gasteiger partial charge in [0.25, 0.3) is 11.7 Å². The Bertz CT molecular complexity index is 977. The summed E-state index contributed by atoms with van der Waals surface area (Å²) in [6.45, 7) is 6.34. The average Bonchev–Trinajstić information content (AvgIpc) is 3.32. The van der Waals surface area contributed by atoms with Crippen LogP contribution in [0.3, 0.4) is 0 Å². The van der Waals surface area contributed by atoms with Gasteiger partial charge in [-0.3, -0.25) is 9.20 Å². The Kier molecular flexibility index (Phi) is 4.66. The summed E-state index contributed by atoms with van der Waals surface area (Å²) in [5, 5.41) is 10.9. The molecule has 1 fully saturated rings. The number of carbonyl (C=O) groups is 1. The Hall–Kier alpha value is -3.10. The van der Waals surface area contributed by atoms with Gasteiger partial charge in [0.2, 0.25) is 5.82 Å². The predicted molar refractivity (Wildman–Crippen MR) is 99.8 cm³/mol. The molecule has 1 N–H and O–H groups in total. The molecule has 0 radical (unpaired) electrons. The van der Waals surface area contributed by atoms with E-state index in [-0.39, 0.29) is 11.7 Å². The Morgan fingerprint density at radius 1 is 1.15 bits per heavy atom. The fourth-order valence-electron chi connectivity index (χ4n) is 3.40. The van der Waals surface area contributed by atoms with Gasteiger partial charge in [-0.15, -0.1) is 10.2 Å². The highest BCUT2D eigenvalue weighted by molar-refractivity contribution is 5.91. The van der Waals surface area contributed by atoms with E-state index in [9.17, 15) is 4.79 Å². The zero-order valence-electron chi connectivity index (χ0n) is 15.5. The first-order valence-electron chi connectivity index (χ1n) is 9.15. The maximum Gasteiger partial charge on any atom is 0.289 e. The van der Waals surface area contributed by atoms with E-state index in [4.69, 9.17) is 0 Å². The van der Waals surface area contributed by atoms with Crippen molar-refractivity contribution in [2.24, 2.45) is 0 Å². The molecule has 4 rings (SSSR count). The lowest BCUT2D eigenvalue weighted by Crippen LogP contribution is -2.28. The standard InChI is InChI=1S/C18H22N8O/c1-12-9-13(2)26-16(23-24-18(26)22-12)17(27)19-6-5-14-10-15(21-11-20-14)25-7-3-4-8-25/h9-11H,3-8H2,1-2H3,(H,19,27). The van der Waals surface area contributed by atoms with E-state index in [0.717, 1.165) is 36.0 Å². The third-order valence-corrected chi connectivity index (χ3v) is 4.70. The van der Waals surface area contributed by atoms with Crippen molar-refractivity contribution in [1.82, 2.24) is 34.9 Å².